The number of aryl methyl sites for hydroxylation is 2. The van der Waals surface area contributed by atoms with Crippen LogP contribution < -0.4 is 10.2 Å². The van der Waals surface area contributed by atoms with Crippen LogP contribution in [-0.2, 0) is 0 Å². The zero-order valence-corrected chi connectivity index (χ0v) is 16.3. The van der Waals surface area contributed by atoms with Crippen molar-refractivity contribution in [2.24, 2.45) is 0 Å². The average Bonchev–Trinajstić information content (AvgIpc) is 2.72. The fourth-order valence-electron chi connectivity index (χ4n) is 3.08. The van der Waals surface area contributed by atoms with Crippen molar-refractivity contribution in [3.63, 3.8) is 0 Å². The predicted octanol–water partition coefficient (Wildman–Crippen LogP) is 4.62. The fraction of sp³-hybridized carbons (Fsp3) is 0.174. The van der Waals surface area contributed by atoms with Gasteiger partial charge < -0.3 is 10.2 Å². The lowest BCUT2D eigenvalue weighted by molar-refractivity contribution is 0.0988. The second-order valence-corrected chi connectivity index (χ2v) is 6.54. The smallest absolute Gasteiger partial charge is 0.274 e. The van der Waals surface area contributed by atoms with E-state index in [9.17, 15) is 9.59 Å². The van der Waals surface area contributed by atoms with Crippen molar-refractivity contribution >= 4 is 23.2 Å². The van der Waals surface area contributed by atoms with E-state index in [1.165, 1.54) is 12.3 Å². The van der Waals surface area contributed by atoms with Crippen LogP contribution in [0.25, 0.3) is 0 Å². The molecular weight excluding hydrogens is 350 g/mol. The largest absolute Gasteiger partial charge is 0.320 e. The van der Waals surface area contributed by atoms with Crippen LogP contribution >= 0.6 is 0 Å². The van der Waals surface area contributed by atoms with Crippen molar-refractivity contribution in [3.8, 4) is 0 Å². The van der Waals surface area contributed by atoms with Gasteiger partial charge in [-0.05, 0) is 56.2 Å². The van der Waals surface area contributed by atoms with Gasteiger partial charge in [-0.15, -0.1) is 0 Å². The summed E-state index contributed by atoms with van der Waals surface area (Å²) in [5.41, 5.74) is 4.16. The molecule has 1 heterocycles. The summed E-state index contributed by atoms with van der Waals surface area (Å²) in [6.45, 7) is 6.32. The van der Waals surface area contributed by atoms with E-state index >= 15 is 0 Å². The Bertz CT molecular complexity index is 979. The van der Waals surface area contributed by atoms with Gasteiger partial charge in [0, 0.05) is 29.7 Å². The molecule has 0 fully saturated rings. The molecule has 0 aliphatic heterocycles. The number of nitrogens with zero attached hydrogens (tertiary/aromatic N) is 2. The van der Waals surface area contributed by atoms with Gasteiger partial charge in [0.2, 0.25) is 0 Å². The Hall–Kier alpha value is -3.47. The molecule has 0 aliphatic carbocycles. The van der Waals surface area contributed by atoms with Crippen LogP contribution in [0.15, 0.2) is 66.9 Å². The number of pyridine rings is 1. The maximum Gasteiger partial charge on any atom is 0.274 e. The van der Waals surface area contributed by atoms with Crippen LogP contribution in [0.1, 0.15) is 38.9 Å². The van der Waals surface area contributed by atoms with Crippen molar-refractivity contribution < 1.29 is 9.59 Å². The minimum absolute atomic E-state index is 0.169. The number of rotatable bonds is 5. The molecule has 3 rings (SSSR count). The minimum Gasteiger partial charge on any atom is -0.320 e. The molecule has 5 nitrogen and oxygen atoms in total. The molecule has 142 valence electrons. The van der Waals surface area contributed by atoms with Crippen LogP contribution in [-0.4, -0.2) is 23.3 Å². The molecule has 0 atom stereocenters. The summed E-state index contributed by atoms with van der Waals surface area (Å²) in [4.78, 5) is 31.5. The molecule has 0 unspecified atom stereocenters. The highest BCUT2D eigenvalue weighted by Gasteiger charge is 2.18. The number of aromatic nitrogens is 1. The Labute approximate surface area is 165 Å². The Morgan fingerprint density at radius 3 is 2.29 bits per heavy atom. The van der Waals surface area contributed by atoms with Gasteiger partial charge >= 0.3 is 0 Å². The Kier molecular flexibility index (Phi) is 5.84. The number of carbonyl (C=O) groups is 2. The van der Waals surface area contributed by atoms with Crippen molar-refractivity contribution in [1.82, 2.24) is 4.98 Å². The Morgan fingerprint density at radius 1 is 0.964 bits per heavy atom. The molecule has 28 heavy (non-hydrogen) atoms. The lowest BCUT2D eigenvalue weighted by atomic mass is 10.1. The number of benzene rings is 2. The number of para-hydroxylation sites is 2. The summed E-state index contributed by atoms with van der Waals surface area (Å²) in [5.74, 6) is -0.507. The van der Waals surface area contributed by atoms with Gasteiger partial charge in [0.05, 0.1) is 0 Å². The first-order valence-electron chi connectivity index (χ1n) is 9.21. The van der Waals surface area contributed by atoms with E-state index in [0.29, 0.717) is 12.1 Å². The maximum atomic E-state index is 13.0. The van der Waals surface area contributed by atoms with Crippen molar-refractivity contribution in [2.45, 2.75) is 20.8 Å². The predicted molar refractivity (Wildman–Crippen MR) is 112 cm³/mol. The van der Waals surface area contributed by atoms with E-state index in [2.05, 4.69) is 10.3 Å². The van der Waals surface area contributed by atoms with Crippen LogP contribution in [0.5, 0.6) is 0 Å². The number of amides is 2. The van der Waals surface area contributed by atoms with E-state index in [1.54, 1.807) is 11.0 Å². The molecule has 3 aromatic rings. The SMILES string of the molecule is CCN(C(=O)c1ccnc(C(=O)Nc2c(C)cccc2C)c1)c1ccccc1. The molecule has 0 saturated heterocycles. The van der Waals surface area contributed by atoms with E-state index in [0.717, 1.165) is 22.5 Å². The third-order valence-electron chi connectivity index (χ3n) is 4.59. The third-order valence-corrected chi connectivity index (χ3v) is 4.59. The minimum atomic E-state index is -0.338. The molecule has 0 spiro atoms. The quantitative estimate of drug-likeness (QED) is 0.710. The number of hydrogen-bond acceptors (Lipinski definition) is 3. The summed E-state index contributed by atoms with van der Waals surface area (Å²) in [6, 6.07) is 18.5. The van der Waals surface area contributed by atoms with E-state index in [-0.39, 0.29) is 17.5 Å². The van der Waals surface area contributed by atoms with Crippen LogP contribution in [0.2, 0.25) is 0 Å². The van der Waals surface area contributed by atoms with Gasteiger partial charge in [-0.2, -0.15) is 0 Å². The topological polar surface area (TPSA) is 62.3 Å². The van der Waals surface area contributed by atoms with Crippen molar-refractivity contribution in [1.29, 1.82) is 0 Å². The molecule has 2 amide bonds. The highest BCUT2D eigenvalue weighted by atomic mass is 16.2. The van der Waals surface area contributed by atoms with Gasteiger partial charge in [0.15, 0.2) is 0 Å². The van der Waals surface area contributed by atoms with E-state index in [4.69, 9.17) is 0 Å². The molecule has 0 radical (unpaired) electrons. The monoisotopic (exact) mass is 373 g/mol. The molecular formula is C23H23N3O2. The number of nitrogens with one attached hydrogen (secondary N) is 1. The first-order chi connectivity index (χ1) is 13.5. The fourth-order valence-corrected chi connectivity index (χ4v) is 3.08. The first kappa shape index (κ1) is 19.3. The number of anilines is 2. The zero-order chi connectivity index (χ0) is 20.1. The molecule has 1 aromatic heterocycles. The first-order valence-corrected chi connectivity index (χ1v) is 9.21. The van der Waals surface area contributed by atoms with Crippen LogP contribution in [0, 0.1) is 13.8 Å². The molecule has 0 saturated carbocycles. The zero-order valence-electron chi connectivity index (χ0n) is 16.3. The normalized spacial score (nSPS) is 10.4. The average molecular weight is 373 g/mol. The van der Waals surface area contributed by atoms with E-state index < -0.39 is 0 Å². The standard InChI is InChI=1S/C23H23N3O2/c1-4-26(19-11-6-5-7-12-19)23(28)18-13-14-24-20(15-18)22(27)25-21-16(2)9-8-10-17(21)3/h5-15H,4H2,1-3H3,(H,25,27). The summed E-state index contributed by atoms with van der Waals surface area (Å²) in [5, 5.41) is 2.91. The lowest BCUT2D eigenvalue weighted by Crippen LogP contribution is -2.31. The van der Waals surface area contributed by atoms with Gasteiger partial charge in [0.25, 0.3) is 11.8 Å². The molecule has 0 aliphatic rings. The highest BCUT2D eigenvalue weighted by Crippen LogP contribution is 2.21. The molecule has 0 bridgehead atoms. The van der Waals surface area contributed by atoms with Gasteiger partial charge in [-0.25, -0.2) is 0 Å². The second-order valence-electron chi connectivity index (χ2n) is 6.54. The van der Waals surface area contributed by atoms with Crippen LogP contribution in [0.3, 0.4) is 0 Å². The van der Waals surface area contributed by atoms with Gasteiger partial charge in [0.1, 0.15) is 5.69 Å². The van der Waals surface area contributed by atoms with Crippen molar-refractivity contribution in [3.05, 3.63) is 89.2 Å². The Balaban J connectivity index is 1.85. The third kappa shape index (κ3) is 4.09. The summed E-state index contributed by atoms with van der Waals surface area (Å²) < 4.78 is 0. The lowest BCUT2D eigenvalue weighted by Gasteiger charge is -2.21. The summed E-state index contributed by atoms with van der Waals surface area (Å²) in [7, 11) is 0. The number of hydrogen-bond donors (Lipinski definition) is 1. The molecule has 2 aromatic carbocycles. The van der Waals surface area contributed by atoms with Gasteiger partial charge in [-0.1, -0.05) is 36.4 Å². The van der Waals surface area contributed by atoms with Gasteiger partial charge in [-0.3, -0.25) is 14.6 Å². The second kappa shape index (κ2) is 8.48. The summed E-state index contributed by atoms with van der Waals surface area (Å²) in [6.07, 6.45) is 1.49. The molecule has 5 heteroatoms. The maximum absolute atomic E-state index is 13.0. The summed E-state index contributed by atoms with van der Waals surface area (Å²) >= 11 is 0. The highest BCUT2D eigenvalue weighted by molar-refractivity contribution is 6.09. The number of carbonyl (C=O) groups excluding carboxylic acids is 2. The van der Waals surface area contributed by atoms with Crippen LogP contribution in [0.4, 0.5) is 11.4 Å². The van der Waals surface area contributed by atoms with E-state index in [1.807, 2.05) is 69.3 Å². The Morgan fingerprint density at radius 2 is 1.64 bits per heavy atom. The molecule has 1 N–H and O–H groups in total. The van der Waals surface area contributed by atoms with Crippen molar-refractivity contribution in [2.75, 3.05) is 16.8 Å².